The fourth-order valence-corrected chi connectivity index (χ4v) is 2.44. The second-order valence-corrected chi connectivity index (χ2v) is 4.70. The van der Waals surface area contributed by atoms with E-state index in [1.54, 1.807) is 16.4 Å². The lowest BCUT2D eigenvalue weighted by atomic mass is 10.2. The summed E-state index contributed by atoms with van der Waals surface area (Å²) < 4.78 is 8.54. The van der Waals surface area contributed by atoms with Gasteiger partial charge in [-0.1, -0.05) is 6.92 Å². The molecule has 0 saturated carbocycles. The Morgan fingerprint density at radius 3 is 3.00 bits per heavy atom. The van der Waals surface area contributed by atoms with Crippen LogP contribution in [-0.2, 0) is 24.2 Å². The second kappa shape index (κ2) is 6.15. The quantitative estimate of drug-likeness (QED) is 0.776. The standard InChI is InChI=1S/C12H22N4O2/c1-3-13-10(9-18-2)8-16-12(17)15-7-5-4-6-11(15)14-16/h10,13H,3-9H2,1-2H3. The summed E-state index contributed by atoms with van der Waals surface area (Å²) in [5.74, 6) is 0.930. The van der Waals surface area contributed by atoms with Gasteiger partial charge in [-0.15, -0.1) is 0 Å². The molecule has 0 bridgehead atoms. The third kappa shape index (κ3) is 2.81. The van der Waals surface area contributed by atoms with Gasteiger partial charge in [0.15, 0.2) is 0 Å². The van der Waals surface area contributed by atoms with Gasteiger partial charge in [-0.2, -0.15) is 5.10 Å². The van der Waals surface area contributed by atoms with Gasteiger partial charge in [-0.05, 0) is 19.4 Å². The van der Waals surface area contributed by atoms with E-state index in [1.807, 2.05) is 6.92 Å². The minimum Gasteiger partial charge on any atom is -0.383 e. The molecule has 18 heavy (non-hydrogen) atoms. The predicted molar refractivity (Wildman–Crippen MR) is 68.8 cm³/mol. The lowest BCUT2D eigenvalue weighted by Crippen LogP contribution is -2.40. The van der Waals surface area contributed by atoms with E-state index in [-0.39, 0.29) is 11.7 Å². The molecule has 1 N–H and O–H groups in total. The highest BCUT2D eigenvalue weighted by atomic mass is 16.5. The summed E-state index contributed by atoms with van der Waals surface area (Å²) in [5, 5.41) is 7.73. The number of likely N-dealkylation sites (N-methyl/N-ethyl adjacent to an activating group) is 1. The first-order valence-electron chi connectivity index (χ1n) is 6.65. The first-order chi connectivity index (χ1) is 8.76. The van der Waals surface area contributed by atoms with E-state index in [2.05, 4.69) is 10.4 Å². The zero-order chi connectivity index (χ0) is 13.0. The van der Waals surface area contributed by atoms with E-state index in [0.29, 0.717) is 13.2 Å². The average Bonchev–Trinajstić information content (AvgIpc) is 2.68. The lowest BCUT2D eigenvalue weighted by molar-refractivity contribution is 0.157. The van der Waals surface area contributed by atoms with E-state index >= 15 is 0 Å². The molecule has 102 valence electrons. The van der Waals surface area contributed by atoms with Gasteiger partial charge < -0.3 is 10.1 Å². The molecule has 1 aromatic heterocycles. The number of methoxy groups -OCH3 is 1. The van der Waals surface area contributed by atoms with Crippen LogP contribution in [0.2, 0.25) is 0 Å². The number of hydrogen-bond acceptors (Lipinski definition) is 4. The minimum atomic E-state index is 0.0173. The van der Waals surface area contributed by atoms with Crippen LogP contribution in [0.3, 0.4) is 0 Å². The van der Waals surface area contributed by atoms with Gasteiger partial charge in [0.05, 0.1) is 19.2 Å². The number of ether oxygens (including phenoxy) is 1. The summed E-state index contributed by atoms with van der Waals surface area (Å²) in [7, 11) is 1.67. The Hall–Kier alpha value is -1.14. The monoisotopic (exact) mass is 254 g/mol. The molecule has 2 rings (SSSR count). The van der Waals surface area contributed by atoms with Crippen molar-refractivity contribution in [1.29, 1.82) is 0 Å². The van der Waals surface area contributed by atoms with E-state index in [0.717, 1.165) is 38.2 Å². The Morgan fingerprint density at radius 1 is 1.50 bits per heavy atom. The SMILES string of the molecule is CCNC(COC)Cn1nc2n(c1=O)CCCC2. The molecule has 0 aliphatic carbocycles. The summed E-state index contributed by atoms with van der Waals surface area (Å²) in [4.78, 5) is 12.2. The van der Waals surface area contributed by atoms with Crippen LogP contribution in [0.5, 0.6) is 0 Å². The molecule has 1 atom stereocenters. The number of rotatable bonds is 6. The maximum Gasteiger partial charge on any atom is 0.345 e. The van der Waals surface area contributed by atoms with Gasteiger partial charge in [0, 0.05) is 20.1 Å². The maximum absolute atomic E-state index is 12.2. The molecule has 6 heteroatoms. The van der Waals surface area contributed by atoms with Crippen LogP contribution in [0, 0.1) is 0 Å². The van der Waals surface area contributed by atoms with Crippen molar-refractivity contribution in [2.24, 2.45) is 0 Å². The lowest BCUT2D eigenvalue weighted by Gasteiger charge is -2.15. The molecule has 1 aromatic rings. The summed E-state index contributed by atoms with van der Waals surface area (Å²) in [5.41, 5.74) is 0.0173. The normalized spacial score (nSPS) is 16.6. The number of nitrogens with one attached hydrogen (secondary N) is 1. The van der Waals surface area contributed by atoms with Crippen molar-refractivity contribution in [1.82, 2.24) is 19.7 Å². The summed E-state index contributed by atoms with van der Waals surface area (Å²) in [6.07, 6.45) is 3.12. The summed E-state index contributed by atoms with van der Waals surface area (Å²) in [6, 6.07) is 0.134. The van der Waals surface area contributed by atoms with Crippen molar-refractivity contribution in [2.45, 2.75) is 45.3 Å². The molecule has 1 aliphatic heterocycles. The van der Waals surface area contributed by atoms with E-state index in [1.165, 1.54) is 0 Å². The molecule has 0 saturated heterocycles. The van der Waals surface area contributed by atoms with Gasteiger partial charge in [0.25, 0.3) is 0 Å². The van der Waals surface area contributed by atoms with E-state index in [4.69, 9.17) is 4.74 Å². The number of aromatic nitrogens is 3. The second-order valence-electron chi connectivity index (χ2n) is 4.70. The van der Waals surface area contributed by atoms with Gasteiger partial charge in [-0.3, -0.25) is 4.57 Å². The molecule has 0 spiro atoms. The number of aryl methyl sites for hydroxylation is 1. The van der Waals surface area contributed by atoms with Crippen LogP contribution in [0.15, 0.2) is 4.79 Å². The Morgan fingerprint density at radius 2 is 2.33 bits per heavy atom. The fourth-order valence-electron chi connectivity index (χ4n) is 2.44. The first kappa shape index (κ1) is 13.3. The van der Waals surface area contributed by atoms with Gasteiger partial charge in [-0.25, -0.2) is 9.48 Å². The summed E-state index contributed by atoms with van der Waals surface area (Å²) >= 11 is 0. The number of hydrogen-bond donors (Lipinski definition) is 1. The maximum atomic E-state index is 12.2. The van der Waals surface area contributed by atoms with Crippen LogP contribution >= 0.6 is 0 Å². The zero-order valence-corrected chi connectivity index (χ0v) is 11.2. The third-order valence-electron chi connectivity index (χ3n) is 3.29. The molecule has 1 aliphatic rings. The van der Waals surface area contributed by atoms with Crippen LogP contribution < -0.4 is 11.0 Å². The smallest absolute Gasteiger partial charge is 0.345 e. The molecule has 1 unspecified atom stereocenters. The first-order valence-corrected chi connectivity index (χ1v) is 6.65. The van der Waals surface area contributed by atoms with Gasteiger partial charge >= 0.3 is 5.69 Å². The Kier molecular flexibility index (Phi) is 4.54. The van der Waals surface area contributed by atoms with Crippen LogP contribution in [-0.4, -0.2) is 40.7 Å². The average molecular weight is 254 g/mol. The van der Waals surface area contributed by atoms with Crippen LogP contribution in [0.25, 0.3) is 0 Å². The highest BCUT2D eigenvalue weighted by Crippen LogP contribution is 2.09. The fraction of sp³-hybridized carbons (Fsp3) is 0.833. The van der Waals surface area contributed by atoms with Crippen molar-refractivity contribution in [2.75, 3.05) is 20.3 Å². The van der Waals surface area contributed by atoms with Crippen LogP contribution in [0.1, 0.15) is 25.6 Å². The van der Waals surface area contributed by atoms with Crippen LogP contribution in [0.4, 0.5) is 0 Å². The van der Waals surface area contributed by atoms with Crippen molar-refractivity contribution >= 4 is 0 Å². The number of fused-ring (bicyclic) bond motifs is 1. The molecule has 0 radical (unpaired) electrons. The van der Waals surface area contributed by atoms with Gasteiger partial charge in [0.2, 0.25) is 0 Å². The Bertz CT molecular complexity index is 432. The van der Waals surface area contributed by atoms with Crippen molar-refractivity contribution in [3.05, 3.63) is 16.3 Å². The van der Waals surface area contributed by atoms with Crippen molar-refractivity contribution in [3.8, 4) is 0 Å². The Balaban J connectivity index is 2.12. The molecular weight excluding hydrogens is 232 g/mol. The molecule has 0 fully saturated rings. The predicted octanol–water partition coefficient (Wildman–Crippen LogP) is 0.00560. The number of nitrogens with zero attached hydrogens (tertiary/aromatic N) is 3. The minimum absolute atomic E-state index is 0.0173. The molecule has 0 aromatic carbocycles. The molecule has 2 heterocycles. The largest absolute Gasteiger partial charge is 0.383 e. The molecule has 6 nitrogen and oxygen atoms in total. The summed E-state index contributed by atoms with van der Waals surface area (Å²) in [6.45, 7) is 4.87. The topological polar surface area (TPSA) is 61.1 Å². The van der Waals surface area contributed by atoms with Crippen molar-refractivity contribution < 1.29 is 4.74 Å². The van der Waals surface area contributed by atoms with E-state index in [9.17, 15) is 4.79 Å². The zero-order valence-electron chi connectivity index (χ0n) is 11.2. The third-order valence-corrected chi connectivity index (χ3v) is 3.29. The van der Waals surface area contributed by atoms with Crippen molar-refractivity contribution in [3.63, 3.8) is 0 Å². The molecule has 0 amide bonds. The van der Waals surface area contributed by atoms with E-state index < -0.39 is 0 Å². The highest BCUT2D eigenvalue weighted by molar-refractivity contribution is 4.91. The Labute approximate surface area is 107 Å². The molecular formula is C12H22N4O2. The highest BCUT2D eigenvalue weighted by Gasteiger charge is 2.18. The van der Waals surface area contributed by atoms with Gasteiger partial charge in [0.1, 0.15) is 5.82 Å².